The van der Waals surface area contributed by atoms with Gasteiger partial charge in [-0.2, -0.15) is 0 Å². The van der Waals surface area contributed by atoms with Gasteiger partial charge in [0.05, 0.1) is 0 Å². The molecule has 2 aliphatic rings. The number of fused-ring (bicyclic) bond motifs is 14. The van der Waals surface area contributed by atoms with Crippen LogP contribution < -0.4 is 0 Å². The molecule has 0 atom stereocenters. The van der Waals surface area contributed by atoms with Gasteiger partial charge in [-0.15, -0.1) is 11.3 Å². The van der Waals surface area contributed by atoms with Crippen LogP contribution in [0.25, 0.3) is 119 Å². The zero-order valence-corrected chi connectivity index (χ0v) is 37.7. The van der Waals surface area contributed by atoms with E-state index in [1.54, 1.807) is 0 Å². The van der Waals surface area contributed by atoms with Crippen LogP contribution in [0.1, 0.15) is 49.9 Å². The summed E-state index contributed by atoms with van der Waals surface area (Å²) in [5, 5.41) is 13.1. The summed E-state index contributed by atoms with van der Waals surface area (Å²) in [7, 11) is 0. The molecule has 0 amide bonds. The number of hydrogen-bond acceptors (Lipinski definition) is 1. The van der Waals surface area contributed by atoms with Crippen LogP contribution in [0.2, 0.25) is 0 Å². The Balaban J connectivity index is 0.893. The third-order valence-electron chi connectivity index (χ3n) is 15.4. The van der Waals surface area contributed by atoms with Crippen molar-refractivity contribution >= 4 is 74.6 Å². The summed E-state index contributed by atoms with van der Waals surface area (Å²) in [5.74, 6) is 0. The quantitative estimate of drug-likeness (QED) is 0.155. The van der Waals surface area contributed by atoms with Crippen molar-refractivity contribution in [1.82, 2.24) is 0 Å². The molecule has 11 aromatic carbocycles. The normalized spacial score (nSPS) is 14.4. The summed E-state index contributed by atoms with van der Waals surface area (Å²) < 4.78 is 2.71. The molecule has 0 N–H and O–H groups in total. The molecule has 0 spiro atoms. The number of hydrogen-bond donors (Lipinski definition) is 0. The van der Waals surface area contributed by atoms with E-state index < -0.39 is 0 Å². The average Bonchev–Trinajstić information content (AvgIpc) is 3.90. The Morgan fingerprint density at radius 1 is 0.277 bits per heavy atom. The predicted octanol–water partition coefficient (Wildman–Crippen LogP) is 18.3. The first kappa shape index (κ1) is 37.1. The Bertz CT molecular complexity index is 4000. The largest absolute Gasteiger partial charge is 0.135 e. The zero-order chi connectivity index (χ0) is 43.3. The van der Waals surface area contributed by atoms with E-state index in [1.165, 1.54) is 141 Å². The molecule has 0 unspecified atom stereocenters. The molecular weight excluding hydrogens is 801 g/mol. The van der Waals surface area contributed by atoms with E-state index in [1.807, 2.05) is 11.3 Å². The Morgan fingerprint density at radius 3 is 1.58 bits per heavy atom. The molecule has 0 fully saturated rings. The lowest BCUT2D eigenvalue weighted by atomic mass is 9.80. The smallest absolute Gasteiger partial charge is 0.0361 e. The van der Waals surface area contributed by atoms with Crippen LogP contribution in [0.4, 0.5) is 0 Å². The maximum Gasteiger partial charge on any atom is 0.0361 e. The predicted molar refractivity (Wildman–Crippen MR) is 281 cm³/mol. The topological polar surface area (TPSA) is 0 Å². The van der Waals surface area contributed by atoms with Gasteiger partial charge >= 0.3 is 0 Å². The van der Waals surface area contributed by atoms with Gasteiger partial charge in [0.2, 0.25) is 0 Å². The highest BCUT2D eigenvalue weighted by Crippen LogP contribution is 2.55. The minimum absolute atomic E-state index is 0.120. The van der Waals surface area contributed by atoms with Crippen LogP contribution in [-0.2, 0) is 10.8 Å². The zero-order valence-electron chi connectivity index (χ0n) is 36.9. The lowest BCUT2D eigenvalue weighted by molar-refractivity contribution is 0.660. The van der Waals surface area contributed by atoms with Crippen molar-refractivity contribution in [2.24, 2.45) is 0 Å². The van der Waals surface area contributed by atoms with E-state index in [-0.39, 0.29) is 10.8 Å². The SMILES string of the molecule is CC1(C)c2ccc(-c3c4ccccc4c(-c4cccc5ccccc45)c4ccccc34)cc2-c2ccc(-c3ccc4c(c3)C(C)(C)c3ccc5cc6sc7ccccc7c6cc5c3-4)cc21. The molecule has 2 aliphatic carbocycles. The molecule has 0 saturated carbocycles. The molecule has 12 aromatic rings. The summed E-state index contributed by atoms with van der Waals surface area (Å²) >= 11 is 1.90. The fourth-order valence-electron chi connectivity index (χ4n) is 12.2. The van der Waals surface area contributed by atoms with Crippen molar-refractivity contribution in [3.63, 3.8) is 0 Å². The van der Waals surface area contributed by atoms with Gasteiger partial charge in [0, 0.05) is 31.0 Å². The Morgan fingerprint density at radius 2 is 0.846 bits per heavy atom. The van der Waals surface area contributed by atoms with E-state index in [2.05, 4.69) is 222 Å². The van der Waals surface area contributed by atoms with E-state index in [4.69, 9.17) is 0 Å². The summed E-state index contributed by atoms with van der Waals surface area (Å²) in [6.45, 7) is 9.64. The Kier molecular flexibility index (Phi) is 7.49. The maximum atomic E-state index is 2.49. The first-order valence-corrected chi connectivity index (χ1v) is 23.8. The summed E-state index contributed by atoms with van der Waals surface area (Å²) in [6.07, 6.45) is 0. The highest BCUT2D eigenvalue weighted by atomic mass is 32.1. The number of benzene rings is 11. The number of thiophene rings is 1. The summed E-state index contributed by atoms with van der Waals surface area (Å²) in [6, 6.07) is 73.9. The molecule has 14 rings (SSSR count). The second kappa shape index (κ2) is 13.1. The van der Waals surface area contributed by atoms with Gasteiger partial charge in [0.1, 0.15) is 0 Å². The molecule has 65 heavy (non-hydrogen) atoms. The molecule has 306 valence electrons. The molecule has 0 saturated heterocycles. The van der Waals surface area contributed by atoms with Gasteiger partial charge in [0.25, 0.3) is 0 Å². The van der Waals surface area contributed by atoms with Gasteiger partial charge in [0.15, 0.2) is 0 Å². The first-order chi connectivity index (χ1) is 31.7. The van der Waals surface area contributed by atoms with Crippen molar-refractivity contribution in [1.29, 1.82) is 0 Å². The lowest BCUT2D eigenvalue weighted by Crippen LogP contribution is -2.15. The van der Waals surface area contributed by atoms with Crippen molar-refractivity contribution in [3.8, 4) is 55.6 Å². The Labute approximate surface area is 383 Å². The van der Waals surface area contributed by atoms with E-state index in [0.717, 1.165) is 0 Å². The van der Waals surface area contributed by atoms with Crippen molar-refractivity contribution in [2.75, 3.05) is 0 Å². The van der Waals surface area contributed by atoms with Gasteiger partial charge in [-0.3, -0.25) is 0 Å². The van der Waals surface area contributed by atoms with E-state index >= 15 is 0 Å². The van der Waals surface area contributed by atoms with E-state index in [9.17, 15) is 0 Å². The second-order valence-electron chi connectivity index (χ2n) is 19.6. The highest BCUT2D eigenvalue weighted by molar-refractivity contribution is 7.25. The fourth-order valence-corrected chi connectivity index (χ4v) is 13.4. The summed E-state index contributed by atoms with van der Waals surface area (Å²) in [4.78, 5) is 0. The average molecular weight is 845 g/mol. The maximum absolute atomic E-state index is 2.49. The highest BCUT2D eigenvalue weighted by Gasteiger charge is 2.38. The molecule has 1 aromatic heterocycles. The van der Waals surface area contributed by atoms with Crippen LogP contribution >= 0.6 is 11.3 Å². The second-order valence-corrected chi connectivity index (χ2v) is 20.6. The molecular formula is C64H44S. The van der Waals surface area contributed by atoms with E-state index in [0.29, 0.717) is 0 Å². The summed E-state index contributed by atoms with van der Waals surface area (Å²) in [5.41, 5.74) is 18.5. The minimum atomic E-state index is -0.149. The van der Waals surface area contributed by atoms with Gasteiger partial charge < -0.3 is 0 Å². The Hall–Kier alpha value is -7.32. The molecule has 1 heterocycles. The van der Waals surface area contributed by atoms with Crippen LogP contribution in [-0.4, -0.2) is 0 Å². The lowest BCUT2D eigenvalue weighted by Gasteiger charge is -2.23. The van der Waals surface area contributed by atoms with Gasteiger partial charge in [-0.05, 0) is 157 Å². The third kappa shape index (κ3) is 5.08. The van der Waals surface area contributed by atoms with Crippen molar-refractivity contribution < 1.29 is 0 Å². The molecule has 0 radical (unpaired) electrons. The van der Waals surface area contributed by atoms with Crippen LogP contribution in [0.15, 0.2) is 194 Å². The standard InChI is InChI=1S/C64H44S/c1-63(2)54-30-27-41(60-46-18-7-9-20-48(46)61(49-21-10-8-19-47(49)60)45-22-13-15-37-14-5-6-16-42(37)45)32-52(54)43-28-24-38(33-56(43)63)39-25-29-50-57(34-39)64(3,4)55-31-26-40-35-59-53(36-51(40)62(50)55)44-17-11-12-23-58(44)65-59/h5-36H,1-4H3. The van der Waals surface area contributed by atoms with Crippen LogP contribution in [0, 0.1) is 0 Å². The minimum Gasteiger partial charge on any atom is -0.135 e. The van der Waals surface area contributed by atoms with Crippen LogP contribution in [0.3, 0.4) is 0 Å². The third-order valence-corrected chi connectivity index (χ3v) is 16.6. The molecule has 1 heteroatoms. The van der Waals surface area contributed by atoms with Gasteiger partial charge in [-0.1, -0.05) is 185 Å². The van der Waals surface area contributed by atoms with Crippen molar-refractivity contribution in [2.45, 2.75) is 38.5 Å². The monoisotopic (exact) mass is 844 g/mol. The molecule has 0 bridgehead atoms. The molecule has 0 aliphatic heterocycles. The fraction of sp³-hybridized carbons (Fsp3) is 0.0938. The van der Waals surface area contributed by atoms with Crippen LogP contribution in [0.5, 0.6) is 0 Å². The molecule has 0 nitrogen and oxygen atoms in total. The number of rotatable bonds is 3. The first-order valence-electron chi connectivity index (χ1n) is 23.0. The van der Waals surface area contributed by atoms with Gasteiger partial charge in [-0.25, -0.2) is 0 Å². The van der Waals surface area contributed by atoms with Crippen molar-refractivity contribution in [3.05, 3.63) is 216 Å².